The van der Waals surface area contributed by atoms with Crippen LogP contribution >= 0.6 is 0 Å². The number of ether oxygens (including phenoxy) is 2. The van der Waals surface area contributed by atoms with E-state index in [1.807, 2.05) is 6.92 Å². The second-order valence-electron chi connectivity index (χ2n) is 3.56. The van der Waals surface area contributed by atoms with Crippen LogP contribution in [-0.2, 0) is 4.79 Å². The fraction of sp³-hybridized carbons (Fsp3) is 0.214. The maximum Gasteiger partial charge on any atom is 0.248 e. The van der Waals surface area contributed by atoms with Gasteiger partial charge < -0.3 is 14.8 Å². The molecule has 19 heavy (non-hydrogen) atoms. The molecule has 0 aliphatic heterocycles. The third-order valence-electron chi connectivity index (χ3n) is 2.28. The summed E-state index contributed by atoms with van der Waals surface area (Å²) in [4.78, 5) is 11.5. The highest BCUT2D eigenvalue weighted by Crippen LogP contribution is 2.32. The Morgan fingerprint density at radius 1 is 1.21 bits per heavy atom. The minimum Gasteiger partial charge on any atom is -0.493 e. The number of hydrogen-bond donors (Lipinski definition) is 1. The maximum absolute atomic E-state index is 13.7. The minimum atomic E-state index is -0.592. The molecule has 0 aliphatic carbocycles. The molecule has 0 bridgehead atoms. The molecule has 0 heterocycles. The zero-order valence-corrected chi connectivity index (χ0v) is 11.1. The van der Waals surface area contributed by atoms with Crippen molar-refractivity contribution in [2.24, 2.45) is 0 Å². The molecule has 4 nitrogen and oxygen atoms in total. The lowest BCUT2D eigenvalue weighted by atomic mass is 10.2. The van der Waals surface area contributed by atoms with Crippen molar-refractivity contribution in [2.45, 2.75) is 6.92 Å². The van der Waals surface area contributed by atoms with Crippen LogP contribution in [0.1, 0.15) is 6.92 Å². The van der Waals surface area contributed by atoms with Crippen LogP contribution < -0.4 is 14.8 Å². The Hall–Kier alpha value is -2.30. The highest BCUT2D eigenvalue weighted by atomic mass is 19.1. The molecule has 0 aromatic heterocycles. The van der Waals surface area contributed by atoms with Crippen LogP contribution in [0.15, 0.2) is 36.4 Å². The number of methoxy groups -OCH3 is 2. The van der Waals surface area contributed by atoms with E-state index in [-0.39, 0.29) is 11.4 Å². The van der Waals surface area contributed by atoms with E-state index in [2.05, 4.69) is 5.32 Å². The van der Waals surface area contributed by atoms with E-state index in [0.29, 0.717) is 5.75 Å². The average Bonchev–Trinajstić information content (AvgIpc) is 2.40. The molecule has 0 unspecified atom stereocenters. The second kappa shape index (κ2) is 7.20. The molecule has 5 heteroatoms. The van der Waals surface area contributed by atoms with Crippen LogP contribution in [0.25, 0.3) is 0 Å². The normalized spacial score (nSPS) is 10.9. The molecule has 0 aliphatic rings. The summed E-state index contributed by atoms with van der Waals surface area (Å²) in [6.45, 7) is 1.83. The van der Waals surface area contributed by atoms with E-state index in [9.17, 15) is 9.18 Å². The predicted molar refractivity (Wildman–Crippen MR) is 72.1 cm³/mol. The number of nitrogens with one attached hydrogen (secondary N) is 1. The Labute approximate surface area is 111 Å². The van der Waals surface area contributed by atoms with Gasteiger partial charge in [-0.1, -0.05) is 18.2 Å². The van der Waals surface area contributed by atoms with Crippen LogP contribution in [0, 0.1) is 5.82 Å². The number of allylic oxidation sites excluding steroid dienone is 3. The molecule has 0 saturated heterocycles. The number of hydrogen-bond acceptors (Lipinski definition) is 3. The second-order valence-corrected chi connectivity index (χ2v) is 3.56. The highest BCUT2D eigenvalue weighted by molar-refractivity contribution is 5.99. The van der Waals surface area contributed by atoms with Gasteiger partial charge in [-0.25, -0.2) is 4.39 Å². The van der Waals surface area contributed by atoms with Gasteiger partial charge in [-0.15, -0.1) is 0 Å². The largest absolute Gasteiger partial charge is 0.493 e. The molecule has 0 fully saturated rings. The molecule has 1 aromatic rings. The van der Waals surface area contributed by atoms with E-state index in [0.717, 1.165) is 6.07 Å². The van der Waals surface area contributed by atoms with Crippen molar-refractivity contribution >= 4 is 11.6 Å². The zero-order chi connectivity index (χ0) is 14.3. The lowest BCUT2D eigenvalue weighted by Gasteiger charge is -2.11. The van der Waals surface area contributed by atoms with E-state index in [1.165, 1.54) is 26.4 Å². The first-order chi connectivity index (χ1) is 9.12. The highest BCUT2D eigenvalue weighted by Gasteiger charge is 2.12. The zero-order valence-electron chi connectivity index (χ0n) is 11.1. The van der Waals surface area contributed by atoms with Gasteiger partial charge in [0.15, 0.2) is 17.3 Å². The smallest absolute Gasteiger partial charge is 0.248 e. The number of benzene rings is 1. The number of rotatable bonds is 5. The first-order valence-electron chi connectivity index (χ1n) is 5.64. The van der Waals surface area contributed by atoms with Crippen molar-refractivity contribution in [1.82, 2.24) is 0 Å². The summed E-state index contributed by atoms with van der Waals surface area (Å²) in [7, 11) is 2.85. The van der Waals surface area contributed by atoms with Crippen molar-refractivity contribution in [3.63, 3.8) is 0 Å². The van der Waals surface area contributed by atoms with Crippen molar-refractivity contribution in [1.29, 1.82) is 0 Å². The van der Waals surface area contributed by atoms with Crippen LogP contribution in [0.3, 0.4) is 0 Å². The fourth-order valence-corrected chi connectivity index (χ4v) is 1.38. The van der Waals surface area contributed by atoms with Gasteiger partial charge in [-0.3, -0.25) is 4.79 Å². The van der Waals surface area contributed by atoms with Crippen molar-refractivity contribution in [3.8, 4) is 11.5 Å². The Kier molecular flexibility index (Phi) is 5.60. The lowest BCUT2D eigenvalue weighted by Crippen LogP contribution is -2.09. The first kappa shape index (κ1) is 14.8. The van der Waals surface area contributed by atoms with Gasteiger partial charge in [-0.05, 0) is 6.92 Å². The summed E-state index contributed by atoms with van der Waals surface area (Å²) in [6, 6.07) is 2.53. The minimum absolute atomic E-state index is 0.0350. The number of anilines is 1. The predicted octanol–water partition coefficient (Wildman–Crippen LogP) is 2.91. The van der Waals surface area contributed by atoms with Gasteiger partial charge in [0, 0.05) is 18.2 Å². The van der Waals surface area contributed by atoms with E-state index >= 15 is 0 Å². The van der Waals surface area contributed by atoms with Crippen molar-refractivity contribution in [2.75, 3.05) is 19.5 Å². The van der Waals surface area contributed by atoms with Crippen molar-refractivity contribution in [3.05, 3.63) is 42.3 Å². The number of halogens is 1. The Bertz CT molecular complexity index is 510. The Morgan fingerprint density at radius 2 is 1.84 bits per heavy atom. The summed E-state index contributed by atoms with van der Waals surface area (Å²) < 4.78 is 23.7. The van der Waals surface area contributed by atoms with Gasteiger partial charge in [-0.2, -0.15) is 0 Å². The van der Waals surface area contributed by atoms with Crippen LogP contribution in [0.4, 0.5) is 10.1 Å². The summed E-state index contributed by atoms with van der Waals surface area (Å²) >= 11 is 0. The third-order valence-corrected chi connectivity index (χ3v) is 2.28. The van der Waals surface area contributed by atoms with Gasteiger partial charge in [0.25, 0.3) is 0 Å². The fourth-order valence-electron chi connectivity index (χ4n) is 1.38. The van der Waals surface area contributed by atoms with Crippen molar-refractivity contribution < 1.29 is 18.7 Å². The van der Waals surface area contributed by atoms with E-state index in [1.54, 1.807) is 18.2 Å². The standard InChI is InChI=1S/C14H16FNO3/c1-4-5-6-7-14(17)16-11-9-13(19-3)12(18-2)8-10(11)15/h4-9H,1-3H3,(H,16,17). The summed E-state index contributed by atoms with van der Waals surface area (Å²) in [5.41, 5.74) is 0.0350. The molecule has 1 aromatic carbocycles. The molecule has 1 N–H and O–H groups in total. The Balaban J connectivity index is 2.92. The maximum atomic E-state index is 13.7. The lowest BCUT2D eigenvalue weighted by molar-refractivity contribution is -0.111. The molecule has 0 spiro atoms. The monoisotopic (exact) mass is 265 g/mol. The quantitative estimate of drug-likeness (QED) is 0.657. The first-order valence-corrected chi connectivity index (χ1v) is 5.64. The van der Waals surface area contributed by atoms with E-state index in [4.69, 9.17) is 9.47 Å². The molecule has 102 valence electrons. The SMILES string of the molecule is CC=CC=CC(=O)Nc1cc(OC)c(OC)cc1F. The number of amides is 1. The van der Waals surface area contributed by atoms with Crippen LogP contribution in [0.2, 0.25) is 0 Å². The summed E-state index contributed by atoms with van der Waals surface area (Å²) in [5.74, 6) is -0.409. The van der Waals surface area contributed by atoms with E-state index < -0.39 is 11.7 Å². The van der Waals surface area contributed by atoms with Crippen LogP contribution in [-0.4, -0.2) is 20.1 Å². The summed E-state index contributed by atoms with van der Waals surface area (Å²) in [6.07, 6.45) is 6.34. The number of carbonyl (C=O) groups excluding carboxylic acids is 1. The van der Waals surface area contributed by atoms with Crippen LogP contribution in [0.5, 0.6) is 11.5 Å². The summed E-state index contributed by atoms with van der Waals surface area (Å²) in [5, 5.41) is 2.42. The Morgan fingerprint density at radius 3 is 2.42 bits per heavy atom. The van der Waals surface area contributed by atoms with Gasteiger partial charge in [0.05, 0.1) is 19.9 Å². The molecule has 0 atom stereocenters. The molecule has 0 saturated carbocycles. The number of carbonyl (C=O) groups is 1. The molecule has 0 radical (unpaired) electrons. The average molecular weight is 265 g/mol. The third kappa shape index (κ3) is 4.13. The van der Waals surface area contributed by atoms with Gasteiger partial charge in [0.1, 0.15) is 0 Å². The van der Waals surface area contributed by atoms with Gasteiger partial charge >= 0.3 is 0 Å². The topological polar surface area (TPSA) is 47.6 Å². The molecule has 1 amide bonds. The molecule has 1 rings (SSSR count). The molecular weight excluding hydrogens is 249 g/mol. The van der Waals surface area contributed by atoms with Gasteiger partial charge in [0.2, 0.25) is 5.91 Å². The molecular formula is C14H16FNO3.